The van der Waals surface area contributed by atoms with Crippen molar-refractivity contribution in [3.8, 4) is 23.0 Å². The lowest BCUT2D eigenvalue weighted by atomic mass is 10.0. The molecular formula is C28H33NO6. The van der Waals surface area contributed by atoms with Gasteiger partial charge in [-0.1, -0.05) is 37.3 Å². The number of methoxy groups -OCH3 is 2. The normalized spacial score (nSPS) is 10.8. The number of benzene rings is 2. The van der Waals surface area contributed by atoms with Crippen molar-refractivity contribution in [3.63, 3.8) is 0 Å². The van der Waals surface area contributed by atoms with E-state index in [0.29, 0.717) is 46.9 Å². The van der Waals surface area contributed by atoms with Gasteiger partial charge in [0.05, 0.1) is 25.3 Å². The first-order valence-electron chi connectivity index (χ1n) is 12.0. The summed E-state index contributed by atoms with van der Waals surface area (Å²) in [5.41, 5.74) is 2.26. The van der Waals surface area contributed by atoms with Gasteiger partial charge >= 0.3 is 5.97 Å². The molecule has 0 saturated heterocycles. The smallest absolute Gasteiger partial charge is 0.303 e. The number of aryl methyl sites for hydroxylation is 1. The van der Waals surface area contributed by atoms with Gasteiger partial charge in [-0.2, -0.15) is 0 Å². The molecule has 3 aromatic rings. The summed E-state index contributed by atoms with van der Waals surface area (Å²) in [6, 6.07) is 11.0. The first kappa shape index (κ1) is 26.0. The number of pyridine rings is 1. The molecule has 186 valence electrons. The van der Waals surface area contributed by atoms with Crippen LogP contribution in [0.1, 0.15) is 67.3 Å². The predicted molar refractivity (Wildman–Crippen MR) is 135 cm³/mol. The number of unbranched alkanes of at least 4 members (excludes halogenated alkanes) is 5. The van der Waals surface area contributed by atoms with Crippen LogP contribution in [-0.4, -0.2) is 36.1 Å². The highest BCUT2D eigenvalue weighted by Gasteiger charge is 2.16. The van der Waals surface area contributed by atoms with E-state index in [1.54, 1.807) is 32.5 Å². The number of rotatable bonds is 14. The van der Waals surface area contributed by atoms with Crippen LogP contribution in [0.5, 0.6) is 23.0 Å². The molecule has 1 heterocycles. The van der Waals surface area contributed by atoms with E-state index in [1.165, 1.54) is 0 Å². The summed E-state index contributed by atoms with van der Waals surface area (Å²) in [6.07, 6.45) is 7.67. The summed E-state index contributed by atoms with van der Waals surface area (Å²) in [5.74, 6) is 1.54. The highest BCUT2D eigenvalue weighted by Crippen LogP contribution is 2.37. The molecule has 1 aromatic heterocycles. The zero-order chi connectivity index (χ0) is 25.2. The number of carboxylic acids is 1. The van der Waals surface area contributed by atoms with E-state index in [2.05, 4.69) is 4.98 Å². The summed E-state index contributed by atoms with van der Waals surface area (Å²) < 4.78 is 17.1. The van der Waals surface area contributed by atoms with Gasteiger partial charge in [-0.15, -0.1) is 0 Å². The Morgan fingerprint density at radius 3 is 2.14 bits per heavy atom. The third-order valence-electron chi connectivity index (χ3n) is 5.91. The van der Waals surface area contributed by atoms with E-state index in [4.69, 9.17) is 19.3 Å². The number of ether oxygens (including phenoxy) is 3. The van der Waals surface area contributed by atoms with Crippen LogP contribution in [0.25, 0.3) is 10.9 Å². The predicted octanol–water partition coefficient (Wildman–Crippen LogP) is 6.74. The Hall–Kier alpha value is -3.61. The number of carbonyl (C=O) groups is 2. The SMILES string of the molecule is COc1cc2nccc(Oc3ccc(C)cc3C(=O)CCCCCCCCC(=O)O)c2cc1OC. The van der Waals surface area contributed by atoms with E-state index in [-0.39, 0.29) is 12.2 Å². The number of Topliss-reactive ketones (excluding diaryl/α,β-unsaturated/α-hetero) is 1. The molecule has 0 bridgehead atoms. The van der Waals surface area contributed by atoms with Crippen molar-refractivity contribution in [1.29, 1.82) is 0 Å². The Kier molecular flexibility index (Phi) is 9.47. The number of ketones is 1. The first-order chi connectivity index (χ1) is 16.9. The number of hydrogen-bond acceptors (Lipinski definition) is 6. The Morgan fingerprint density at radius 1 is 0.800 bits per heavy atom. The average molecular weight is 480 g/mol. The molecule has 0 aliphatic carbocycles. The van der Waals surface area contributed by atoms with Gasteiger partial charge in [0, 0.05) is 30.5 Å². The van der Waals surface area contributed by atoms with E-state index in [9.17, 15) is 9.59 Å². The second-order valence-corrected chi connectivity index (χ2v) is 8.57. The van der Waals surface area contributed by atoms with E-state index < -0.39 is 5.97 Å². The standard InChI is InChI=1S/C28H33NO6/c1-19-12-13-24(21(16-19)23(30)10-8-6-4-5-7-9-11-28(31)32)35-25-14-15-29-22-18-27(34-3)26(33-2)17-20(22)25/h12-18H,4-11H2,1-3H3,(H,31,32). The van der Waals surface area contributed by atoms with Crippen LogP contribution in [0.4, 0.5) is 0 Å². The molecule has 0 fully saturated rings. The fourth-order valence-corrected chi connectivity index (χ4v) is 4.01. The Labute approximate surface area is 206 Å². The van der Waals surface area contributed by atoms with Gasteiger partial charge < -0.3 is 19.3 Å². The van der Waals surface area contributed by atoms with Crippen molar-refractivity contribution in [1.82, 2.24) is 4.98 Å². The van der Waals surface area contributed by atoms with Gasteiger partial charge in [0.15, 0.2) is 17.3 Å². The van der Waals surface area contributed by atoms with Gasteiger partial charge in [0.1, 0.15) is 11.5 Å². The van der Waals surface area contributed by atoms with Crippen LogP contribution in [0.15, 0.2) is 42.6 Å². The van der Waals surface area contributed by atoms with Crippen molar-refractivity contribution in [3.05, 3.63) is 53.7 Å². The number of nitrogens with zero attached hydrogens (tertiary/aromatic N) is 1. The number of carboxylic acid groups (broad SMARTS) is 1. The van der Waals surface area contributed by atoms with Crippen LogP contribution in [-0.2, 0) is 4.79 Å². The molecule has 35 heavy (non-hydrogen) atoms. The molecule has 0 atom stereocenters. The molecule has 0 saturated carbocycles. The van der Waals surface area contributed by atoms with Crippen LogP contribution in [0.2, 0.25) is 0 Å². The molecule has 7 nitrogen and oxygen atoms in total. The minimum Gasteiger partial charge on any atom is -0.493 e. The van der Waals surface area contributed by atoms with Crippen molar-refractivity contribution < 1.29 is 28.9 Å². The summed E-state index contributed by atoms with van der Waals surface area (Å²) in [7, 11) is 3.15. The fourth-order valence-electron chi connectivity index (χ4n) is 4.01. The largest absolute Gasteiger partial charge is 0.493 e. The van der Waals surface area contributed by atoms with Crippen LogP contribution < -0.4 is 14.2 Å². The molecule has 7 heteroatoms. The molecule has 0 unspecified atom stereocenters. The topological polar surface area (TPSA) is 95.0 Å². The summed E-state index contributed by atoms with van der Waals surface area (Å²) in [6.45, 7) is 1.96. The molecule has 0 spiro atoms. The Bertz CT molecular complexity index is 1170. The Morgan fingerprint density at radius 2 is 1.46 bits per heavy atom. The molecule has 2 aromatic carbocycles. The number of hydrogen-bond donors (Lipinski definition) is 1. The van der Waals surface area contributed by atoms with Crippen LogP contribution in [0, 0.1) is 6.92 Å². The quantitative estimate of drug-likeness (QED) is 0.202. The van der Waals surface area contributed by atoms with Crippen molar-refractivity contribution in [2.75, 3.05) is 14.2 Å². The van der Waals surface area contributed by atoms with Gasteiger partial charge in [-0.3, -0.25) is 14.6 Å². The molecular weight excluding hydrogens is 446 g/mol. The lowest BCUT2D eigenvalue weighted by Gasteiger charge is -2.14. The number of aromatic nitrogens is 1. The summed E-state index contributed by atoms with van der Waals surface area (Å²) in [5, 5.41) is 9.45. The second kappa shape index (κ2) is 12.7. The van der Waals surface area contributed by atoms with Gasteiger partial charge in [-0.25, -0.2) is 0 Å². The van der Waals surface area contributed by atoms with Crippen molar-refractivity contribution in [2.24, 2.45) is 0 Å². The minimum atomic E-state index is -0.745. The monoisotopic (exact) mass is 479 g/mol. The maximum atomic E-state index is 13.1. The lowest BCUT2D eigenvalue weighted by Crippen LogP contribution is -2.03. The highest BCUT2D eigenvalue weighted by molar-refractivity contribution is 5.99. The zero-order valence-electron chi connectivity index (χ0n) is 20.6. The van der Waals surface area contributed by atoms with Crippen LogP contribution in [0.3, 0.4) is 0 Å². The zero-order valence-corrected chi connectivity index (χ0v) is 20.6. The molecule has 0 aliphatic rings. The molecule has 1 N–H and O–H groups in total. The van der Waals surface area contributed by atoms with Crippen molar-refractivity contribution >= 4 is 22.7 Å². The third-order valence-corrected chi connectivity index (χ3v) is 5.91. The third kappa shape index (κ3) is 7.18. The maximum Gasteiger partial charge on any atom is 0.303 e. The van der Waals surface area contributed by atoms with Crippen molar-refractivity contribution in [2.45, 2.75) is 58.3 Å². The van der Waals surface area contributed by atoms with E-state index in [1.807, 2.05) is 31.2 Å². The van der Waals surface area contributed by atoms with E-state index in [0.717, 1.165) is 43.1 Å². The Balaban J connectivity index is 1.69. The van der Waals surface area contributed by atoms with E-state index >= 15 is 0 Å². The first-order valence-corrected chi connectivity index (χ1v) is 12.0. The highest BCUT2D eigenvalue weighted by atomic mass is 16.5. The van der Waals surface area contributed by atoms with Gasteiger partial charge in [0.2, 0.25) is 0 Å². The summed E-state index contributed by atoms with van der Waals surface area (Å²) in [4.78, 5) is 28.1. The molecule has 0 aliphatic heterocycles. The summed E-state index contributed by atoms with van der Waals surface area (Å²) >= 11 is 0. The lowest BCUT2D eigenvalue weighted by molar-refractivity contribution is -0.137. The molecule has 0 amide bonds. The van der Waals surface area contributed by atoms with Gasteiger partial charge in [0.25, 0.3) is 0 Å². The fraction of sp³-hybridized carbons (Fsp3) is 0.393. The second-order valence-electron chi connectivity index (χ2n) is 8.57. The minimum absolute atomic E-state index is 0.0483. The van der Waals surface area contributed by atoms with Gasteiger partial charge in [-0.05, 0) is 44.0 Å². The van der Waals surface area contributed by atoms with Crippen LogP contribution >= 0.6 is 0 Å². The number of carbonyl (C=O) groups excluding carboxylic acids is 1. The number of fused-ring (bicyclic) bond motifs is 1. The maximum absolute atomic E-state index is 13.1. The molecule has 3 rings (SSSR count). The average Bonchev–Trinajstić information content (AvgIpc) is 2.85. The number of aliphatic carboxylic acids is 1. The molecule has 0 radical (unpaired) electrons.